The van der Waals surface area contributed by atoms with Gasteiger partial charge in [-0.2, -0.15) is 0 Å². The smallest absolute Gasteiger partial charge is 0.0308 e. The van der Waals surface area contributed by atoms with E-state index in [1.165, 1.54) is 70.3 Å². The molecule has 2 nitrogen and oxygen atoms in total. The van der Waals surface area contributed by atoms with Crippen LogP contribution in [0.1, 0.15) is 37.7 Å². The number of nitrogens with zero attached hydrogens (tertiary/aromatic N) is 1. The number of rotatable bonds is 3. The summed E-state index contributed by atoms with van der Waals surface area (Å²) in [6.45, 7) is 4.96. The van der Waals surface area contributed by atoms with Crippen LogP contribution in [0.2, 0.25) is 0 Å². The quantitative estimate of drug-likeness (QED) is 0.897. The number of hydrogen-bond donors (Lipinski definition) is 1. The molecule has 1 spiro atoms. The Morgan fingerprint density at radius 2 is 1.84 bits per heavy atom. The minimum Gasteiger partial charge on any atom is -0.310 e. The second-order valence-corrected chi connectivity index (χ2v) is 6.28. The van der Waals surface area contributed by atoms with Crippen molar-refractivity contribution in [3.05, 3.63) is 35.9 Å². The van der Waals surface area contributed by atoms with Gasteiger partial charge in [0, 0.05) is 18.6 Å². The van der Waals surface area contributed by atoms with Crippen LogP contribution in [0.4, 0.5) is 0 Å². The van der Waals surface area contributed by atoms with Gasteiger partial charge in [-0.1, -0.05) is 43.2 Å². The highest BCUT2D eigenvalue weighted by Crippen LogP contribution is 2.31. The van der Waals surface area contributed by atoms with E-state index in [2.05, 4.69) is 40.5 Å². The Morgan fingerprint density at radius 3 is 2.63 bits per heavy atom. The van der Waals surface area contributed by atoms with Gasteiger partial charge in [0.1, 0.15) is 0 Å². The average Bonchev–Trinajstić information content (AvgIpc) is 2.80. The lowest BCUT2D eigenvalue weighted by atomic mass is 9.97. The number of nitrogens with one attached hydrogen (secondary N) is 1. The molecule has 2 aliphatic rings. The van der Waals surface area contributed by atoms with Gasteiger partial charge in [-0.05, 0) is 44.3 Å². The molecule has 1 aliphatic carbocycles. The van der Waals surface area contributed by atoms with Gasteiger partial charge in [0.15, 0.2) is 0 Å². The van der Waals surface area contributed by atoms with Crippen molar-refractivity contribution in [2.45, 2.75) is 44.1 Å². The highest BCUT2D eigenvalue weighted by atomic mass is 15.2. The molecule has 0 bridgehead atoms. The summed E-state index contributed by atoms with van der Waals surface area (Å²) in [6, 6.07) is 10.9. The molecule has 0 atom stereocenters. The Balaban J connectivity index is 1.57. The molecule has 1 aromatic carbocycles. The second kappa shape index (κ2) is 6.06. The zero-order valence-corrected chi connectivity index (χ0v) is 11.9. The summed E-state index contributed by atoms with van der Waals surface area (Å²) in [5, 5.41) is 3.84. The standard InChI is InChI=1S/C17H26N2/c1-2-7-16(8-3-1)9-14-19-13-6-12-18-17(15-19)10-4-5-11-17/h1-3,7-8,18H,4-6,9-15H2. The van der Waals surface area contributed by atoms with Crippen molar-refractivity contribution in [2.24, 2.45) is 0 Å². The summed E-state index contributed by atoms with van der Waals surface area (Å²) in [4.78, 5) is 2.69. The van der Waals surface area contributed by atoms with Crippen LogP contribution in [0.3, 0.4) is 0 Å². The van der Waals surface area contributed by atoms with Gasteiger partial charge in [0.05, 0.1) is 0 Å². The third-order valence-corrected chi connectivity index (χ3v) is 4.80. The van der Waals surface area contributed by atoms with E-state index in [-0.39, 0.29) is 0 Å². The van der Waals surface area contributed by atoms with E-state index in [9.17, 15) is 0 Å². The van der Waals surface area contributed by atoms with Gasteiger partial charge < -0.3 is 10.2 Å². The van der Waals surface area contributed by atoms with Crippen molar-refractivity contribution >= 4 is 0 Å². The third-order valence-electron chi connectivity index (χ3n) is 4.80. The van der Waals surface area contributed by atoms with E-state index in [1.807, 2.05) is 0 Å². The van der Waals surface area contributed by atoms with Crippen LogP contribution in [0, 0.1) is 0 Å². The predicted molar refractivity (Wildman–Crippen MR) is 80.4 cm³/mol. The summed E-state index contributed by atoms with van der Waals surface area (Å²) in [6.07, 6.45) is 8.09. The van der Waals surface area contributed by atoms with Gasteiger partial charge in [0.25, 0.3) is 0 Å². The fraction of sp³-hybridized carbons (Fsp3) is 0.647. The van der Waals surface area contributed by atoms with Crippen LogP contribution in [-0.4, -0.2) is 36.6 Å². The zero-order chi connectivity index (χ0) is 13.0. The highest BCUT2D eigenvalue weighted by molar-refractivity contribution is 5.15. The van der Waals surface area contributed by atoms with E-state index in [0.717, 1.165) is 0 Å². The summed E-state index contributed by atoms with van der Waals surface area (Å²) in [7, 11) is 0. The van der Waals surface area contributed by atoms with Gasteiger partial charge in [-0.15, -0.1) is 0 Å². The molecule has 104 valence electrons. The van der Waals surface area contributed by atoms with Crippen molar-refractivity contribution in [2.75, 3.05) is 26.2 Å². The van der Waals surface area contributed by atoms with Crippen LogP contribution >= 0.6 is 0 Å². The van der Waals surface area contributed by atoms with E-state index in [0.29, 0.717) is 5.54 Å². The Kier molecular flexibility index (Phi) is 4.19. The second-order valence-electron chi connectivity index (χ2n) is 6.28. The monoisotopic (exact) mass is 258 g/mol. The fourth-order valence-corrected chi connectivity index (χ4v) is 3.73. The van der Waals surface area contributed by atoms with E-state index in [4.69, 9.17) is 0 Å². The van der Waals surface area contributed by atoms with Crippen molar-refractivity contribution < 1.29 is 0 Å². The molecular formula is C17H26N2. The minimum absolute atomic E-state index is 0.452. The molecule has 3 rings (SSSR count). The minimum atomic E-state index is 0.452. The molecule has 0 aromatic heterocycles. The first kappa shape index (κ1) is 13.1. The van der Waals surface area contributed by atoms with Crippen molar-refractivity contribution in [1.82, 2.24) is 10.2 Å². The maximum absolute atomic E-state index is 3.84. The van der Waals surface area contributed by atoms with E-state index < -0.39 is 0 Å². The SMILES string of the molecule is c1ccc(CCN2CCCNC3(CCCC3)C2)cc1. The Morgan fingerprint density at radius 1 is 1.05 bits per heavy atom. The summed E-state index contributed by atoms with van der Waals surface area (Å²) in [5.74, 6) is 0. The van der Waals surface area contributed by atoms with Crippen LogP contribution in [0.25, 0.3) is 0 Å². The maximum Gasteiger partial charge on any atom is 0.0308 e. The molecule has 1 aliphatic heterocycles. The maximum atomic E-state index is 3.84. The first-order valence-corrected chi connectivity index (χ1v) is 7.88. The van der Waals surface area contributed by atoms with Crippen LogP contribution < -0.4 is 5.32 Å². The summed E-state index contributed by atoms with van der Waals surface area (Å²) in [5.41, 5.74) is 1.92. The molecule has 2 heteroatoms. The summed E-state index contributed by atoms with van der Waals surface area (Å²) >= 11 is 0. The van der Waals surface area contributed by atoms with Gasteiger partial charge >= 0.3 is 0 Å². The van der Waals surface area contributed by atoms with E-state index in [1.54, 1.807) is 0 Å². The molecule has 1 N–H and O–H groups in total. The van der Waals surface area contributed by atoms with Crippen LogP contribution in [-0.2, 0) is 6.42 Å². The largest absolute Gasteiger partial charge is 0.310 e. The summed E-state index contributed by atoms with van der Waals surface area (Å²) < 4.78 is 0. The lowest BCUT2D eigenvalue weighted by Gasteiger charge is -2.33. The van der Waals surface area contributed by atoms with Gasteiger partial charge in [-0.3, -0.25) is 0 Å². The molecule has 19 heavy (non-hydrogen) atoms. The molecule has 0 radical (unpaired) electrons. The Bertz CT molecular complexity index is 382. The number of hydrogen-bond acceptors (Lipinski definition) is 2. The molecule has 1 aromatic rings. The zero-order valence-electron chi connectivity index (χ0n) is 11.9. The van der Waals surface area contributed by atoms with Crippen LogP contribution in [0.5, 0.6) is 0 Å². The molecule has 0 amide bonds. The first-order chi connectivity index (χ1) is 9.36. The normalized spacial score (nSPS) is 23.6. The highest BCUT2D eigenvalue weighted by Gasteiger charge is 2.35. The molecule has 0 unspecified atom stereocenters. The first-order valence-electron chi connectivity index (χ1n) is 7.88. The number of benzene rings is 1. The molecule has 2 fully saturated rings. The van der Waals surface area contributed by atoms with Crippen molar-refractivity contribution in [1.29, 1.82) is 0 Å². The predicted octanol–water partition coefficient (Wildman–Crippen LogP) is 2.84. The molecular weight excluding hydrogens is 232 g/mol. The Labute approximate surface area is 117 Å². The van der Waals surface area contributed by atoms with Crippen LogP contribution in [0.15, 0.2) is 30.3 Å². The fourth-order valence-electron chi connectivity index (χ4n) is 3.73. The molecule has 1 saturated carbocycles. The lowest BCUT2D eigenvalue weighted by Crippen LogP contribution is -2.49. The topological polar surface area (TPSA) is 15.3 Å². The van der Waals surface area contributed by atoms with Crippen molar-refractivity contribution in [3.8, 4) is 0 Å². The van der Waals surface area contributed by atoms with Crippen molar-refractivity contribution in [3.63, 3.8) is 0 Å². The lowest BCUT2D eigenvalue weighted by molar-refractivity contribution is 0.212. The third kappa shape index (κ3) is 3.37. The molecule has 1 heterocycles. The average molecular weight is 258 g/mol. The van der Waals surface area contributed by atoms with Gasteiger partial charge in [-0.25, -0.2) is 0 Å². The molecule has 1 saturated heterocycles. The Hall–Kier alpha value is -0.860. The van der Waals surface area contributed by atoms with Gasteiger partial charge in [0.2, 0.25) is 0 Å². The van der Waals surface area contributed by atoms with E-state index >= 15 is 0 Å².